The van der Waals surface area contributed by atoms with E-state index in [9.17, 15) is 0 Å². The summed E-state index contributed by atoms with van der Waals surface area (Å²) in [5.74, 6) is 1.28. The Bertz CT molecular complexity index is 1050. The number of pyridine rings is 2. The second kappa shape index (κ2) is 5.85. The number of fused-ring (bicyclic) bond motifs is 2. The lowest BCUT2D eigenvalue weighted by molar-refractivity contribution is 1.28. The van der Waals surface area contributed by atoms with E-state index in [1.165, 1.54) is 0 Å². The van der Waals surface area contributed by atoms with Gasteiger partial charge in [-0.05, 0) is 42.5 Å². The van der Waals surface area contributed by atoms with Crippen LogP contribution in [0.4, 0.5) is 23.3 Å². The van der Waals surface area contributed by atoms with E-state index in [1.54, 1.807) is 12.4 Å². The maximum absolute atomic E-state index is 4.43. The lowest BCUT2D eigenvalue weighted by Gasteiger charge is -2.06. The third kappa shape index (κ3) is 2.69. The summed E-state index contributed by atoms with van der Waals surface area (Å²) in [5, 5.41) is 6.51. The third-order valence-electron chi connectivity index (χ3n) is 3.90. The van der Waals surface area contributed by atoms with Crippen LogP contribution in [0.15, 0.2) is 60.9 Å². The molecule has 8 heteroatoms. The maximum atomic E-state index is 4.43. The van der Waals surface area contributed by atoms with E-state index in [0.717, 1.165) is 22.4 Å². The van der Waals surface area contributed by atoms with Gasteiger partial charge in [-0.1, -0.05) is 6.07 Å². The highest BCUT2D eigenvalue weighted by molar-refractivity contribution is 5.76. The molecule has 0 saturated carbocycles. The van der Waals surface area contributed by atoms with Crippen LogP contribution < -0.4 is 10.6 Å². The predicted molar refractivity (Wildman–Crippen MR) is 101 cm³/mol. The Morgan fingerprint density at radius 2 is 1.19 bits per heavy atom. The Hall–Kier alpha value is -3.94. The molecule has 0 saturated heterocycles. The summed E-state index contributed by atoms with van der Waals surface area (Å²) in [6.07, 6.45) is 3.44. The number of H-pyrrole nitrogens is 2. The van der Waals surface area contributed by atoms with Gasteiger partial charge in [0.05, 0.1) is 11.0 Å². The lowest BCUT2D eigenvalue weighted by Crippen LogP contribution is -1.95. The van der Waals surface area contributed by atoms with Gasteiger partial charge in [0, 0.05) is 23.8 Å². The molecule has 0 atom stereocenters. The number of rotatable bonds is 4. The smallest absolute Gasteiger partial charge is 0.207 e. The molecule has 0 aliphatic rings. The lowest BCUT2D eigenvalue weighted by atomic mass is 10.3. The van der Waals surface area contributed by atoms with Gasteiger partial charge in [-0.3, -0.25) is 0 Å². The molecule has 5 rings (SSSR count). The number of imidazole rings is 2. The van der Waals surface area contributed by atoms with Gasteiger partial charge in [-0.15, -0.1) is 0 Å². The Morgan fingerprint density at radius 3 is 1.69 bits per heavy atom. The van der Waals surface area contributed by atoms with E-state index in [-0.39, 0.29) is 0 Å². The van der Waals surface area contributed by atoms with Gasteiger partial charge in [0.1, 0.15) is 0 Å². The zero-order valence-corrected chi connectivity index (χ0v) is 13.6. The number of aromatic nitrogens is 6. The Kier molecular flexibility index (Phi) is 3.24. The molecule has 4 aromatic heterocycles. The number of nitrogens with zero attached hydrogens (tertiary/aromatic N) is 4. The molecule has 0 aliphatic carbocycles. The molecule has 0 spiro atoms. The van der Waals surface area contributed by atoms with Crippen molar-refractivity contribution in [2.45, 2.75) is 0 Å². The molecular weight excluding hydrogens is 328 g/mol. The topological polar surface area (TPSA) is 107 Å². The van der Waals surface area contributed by atoms with Crippen LogP contribution in [0, 0.1) is 0 Å². The van der Waals surface area contributed by atoms with Crippen molar-refractivity contribution in [1.82, 2.24) is 29.9 Å². The highest BCUT2D eigenvalue weighted by Crippen LogP contribution is 2.22. The number of anilines is 4. The molecule has 0 aliphatic heterocycles. The molecule has 4 N–H and O–H groups in total. The highest BCUT2D eigenvalue weighted by Gasteiger charge is 2.06. The van der Waals surface area contributed by atoms with Gasteiger partial charge >= 0.3 is 0 Å². The van der Waals surface area contributed by atoms with Crippen molar-refractivity contribution >= 4 is 45.6 Å². The van der Waals surface area contributed by atoms with E-state index >= 15 is 0 Å². The highest BCUT2D eigenvalue weighted by atomic mass is 15.2. The number of hydrogen-bond acceptors (Lipinski definition) is 6. The summed E-state index contributed by atoms with van der Waals surface area (Å²) >= 11 is 0. The summed E-state index contributed by atoms with van der Waals surface area (Å²) in [6, 6.07) is 15.5. The van der Waals surface area contributed by atoms with Gasteiger partial charge in [-0.25, -0.2) is 9.97 Å². The van der Waals surface area contributed by atoms with Gasteiger partial charge in [0.2, 0.25) is 11.9 Å². The average molecular weight is 342 g/mol. The zero-order valence-electron chi connectivity index (χ0n) is 13.6. The minimum absolute atomic E-state index is 0.642. The molecular formula is C18H14N8. The van der Waals surface area contributed by atoms with Crippen molar-refractivity contribution in [3.63, 3.8) is 0 Å². The van der Waals surface area contributed by atoms with Crippen molar-refractivity contribution in [3.8, 4) is 0 Å². The van der Waals surface area contributed by atoms with Crippen LogP contribution in [0.1, 0.15) is 0 Å². The van der Waals surface area contributed by atoms with Crippen LogP contribution in [0.5, 0.6) is 0 Å². The molecule has 8 nitrogen and oxygen atoms in total. The summed E-state index contributed by atoms with van der Waals surface area (Å²) in [5.41, 5.74) is 4.92. The summed E-state index contributed by atoms with van der Waals surface area (Å²) < 4.78 is 0. The fourth-order valence-electron chi connectivity index (χ4n) is 2.76. The van der Waals surface area contributed by atoms with Gasteiger partial charge in [0.25, 0.3) is 0 Å². The van der Waals surface area contributed by atoms with Crippen LogP contribution in [0.25, 0.3) is 22.3 Å². The van der Waals surface area contributed by atoms with E-state index in [4.69, 9.17) is 0 Å². The second-order valence-corrected chi connectivity index (χ2v) is 5.75. The van der Waals surface area contributed by atoms with Crippen LogP contribution in [-0.2, 0) is 0 Å². The van der Waals surface area contributed by atoms with E-state index in [1.807, 2.05) is 48.5 Å². The van der Waals surface area contributed by atoms with Crippen LogP contribution in [0.3, 0.4) is 0 Å². The Labute approximate surface area is 147 Å². The Balaban J connectivity index is 1.39. The fraction of sp³-hybridized carbons (Fsp3) is 0. The molecule has 0 radical (unpaired) electrons. The third-order valence-corrected chi connectivity index (χ3v) is 3.90. The SMILES string of the molecule is c1cc(Nc2nc3ncccc3[nH]2)cc(Nc2nc3ncccc3[nH]2)c1. The first-order valence-electron chi connectivity index (χ1n) is 8.09. The zero-order chi connectivity index (χ0) is 17.3. The molecule has 0 bridgehead atoms. The van der Waals surface area contributed by atoms with Crippen molar-refractivity contribution in [3.05, 3.63) is 60.9 Å². The molecule has 0 unspecified atom stereocenters. The molecule has 4 heterocycles. The Morgan fingerprint density at radius 1 is 0.654 bits per heavy atom. The van der Waals surface area contributed by atoms with Crippen LogP contribution in [-0.4, -0.2) is 29.9 Å². The second-order valence-electron chi connectivity index (χ2n) is 5.75. The normalized spacial score (nSPS) is 11.1. The maximum Gasteiger partial charge on any atom is 0.207 e. The summed E-state index contributed by atoms with van der Waals surface area (Å²) in [4.78, 5) is 23.7. The first-order valence-corrected chi connectivity index (χ1v) is 8.09. The molecule has 0 fully saturated rings. The molecule has 126 valence electrons. The quantitative estimate of drug-likeness (QED) is 0.396. The molecule has 0 amide bonds. The predicted octanol–water partition coefficient (Wildman–Crippen LogP) is 3.72. The van der Waals surface area contributed by atoms with Gasteiger partial charge < -0.3 is 20.6 Å². The van der Waals surface area contributed by atoms with Gasteiger partial charge in [0.15, 0.2) is 11.3 Å². The van der Waals surface area contributed by atoms with Crippen molar-refractivity contribution < 1.29 is 0 Å². The van der Waals surface area contributed by atoms with Crippen molar-refractivity contribution in [2.75, 3.05) is 10.6 Å². The van der Waals surface area contributed by atoms with E-state index in [2.05, 4.69) is 40.5 Å². The van der Waals surface area contributed by atoms with E-state index in [0.29, 0.717) is 23.2 Å². The standard InChI is InChI=1S/C18H14N8/c1-4-11(21-17-23-13-6-2-8-19-15(13)25-17)10-12(5-1)22-18-24-14-7-3-9-20-16(14)26-18/h1-10H,(H2,19,21,23,25)(H2,20,22,24,26). The van der Waals surface area contributed by atoms with Crippen molar-refractivity contribution in [2.24, 2.45) is 0 Å². The largest absolute Gasteiger partial charge is 0.326 e. The van der Waals surface area contributed by atoms with Crippen molar-refractivity contribution in [1.29, 1.82) is 0 Å². The fourth-order valence-corrected chi connectivity index (χ4v) is 2.76. The molecule has 1 aromatic carbocycles. The molecule has 26 heavy (non-hydrogen) atoms. The summed E-state index contributed by atoms with van der Waals surface area (Å²) in [7, 11) is 0. The first kappa shape index (κ1) is 14.4. The first-order chi connectivity index (χ1) is 12.8. The number of nitrogens with one attached hydrogen (secondary N) is 4. The van der Waals surface area contributed by atoms with Crippen LogP contribution in [0.2, 0.25) is 0 Å². The molecule has 5 aromatic rings. The number of aromatic amines is 2. The minimum Gasteiger partial charge on any atom is -0.326 e. The van der Waals surface area contributed by atoms with Gasteiger partial charge in [-0.2, -0.15) is 9.97 Å². The number of benzene rings is 1. The monoisotopic (exact) mass is 342 g/mol. The summed E-state index contributed by atoms with van der Waals surface area (Å²) in [6.45, 7) is 0. The van der Waals surface area contributed by atoms with Crippen LogP contribution >= 0.6 is 0 Å². The van der Waals surface area contributed by atoms with E-state index < -0.39 is 0 Å². The minimum atomic E-state index is 0.642. The average Bonchev–Trinajstić information content (AvgIpc) is 3.24. The number of hydrogen-bond donors (Lipinski definition) is 4.